The number of amides is 1. The summed E-state index contributed by atoms with van der Waals surface area (Å²) < 4.78 is 1.75. The zero-order chi connectivity index (χ0) is 16.7. The Balaban J connectivity index is 1.74. The highest BCUT2D eigenvalue weighted by molar-refractivity contribution is 5.99. The topological polar surface area (TPSA) is 82.5 Å². The first-order valence-electron chi connectivity index (χ1n) is 8.74. The van der Waals surface area contributed by atoms with Gasteiger partial charge in [-0.1, -0.05) is 6.92 Å². The van der Waals surface area contributed by atoms with E-state index in [4.69, 9.17) is 0 Å². The van der Waals surface area contributed by atoms with Crippen LogP contribution in [0.25, 0.3) is 5.65 Å². The van der Waals surface area contributed by atoms with Crippen LogP contribution in [-0.4, -0.2) is 51.6 Å². The van der Waals surface area contributed by atoms with E-state index in [1.165, 1.54) is 0 Å². The Morgan fingerprint density at radius 2 is 2.08 bits per heavy atom. The fourth-order valence-corrected chi connectivity index (χ4v) is 3.87. The molecular formula is C17H23N5O2. The lowest BCUT2D eigenvalue weighted by Gasteiger charge is -2.23. The lowest BCUT2D eigenvalue weighted by atomic mass is 9.94. The minimum Gasteiger partial charge on any atom is -0.338 e. The average molecular weight is 329 g/mol. The average Bonchev–Trinajstić information content (AvgIpc) is 3.20. The molecule has 2 aliphatic rings. The number of aromatic amines is 1. The van der Waals surface area contributed by atoms with Crippen molar-refractivity contribution < 1.29 is 4.79 Å². The molecule has 4 heterocycles. The van der Waals surface area contributed by atoms with Gasteiger partial charge in [-0.2, -0.15) is 5.10 Å². The number of carbonyl (C=O) groups excluding carboxylic acids is 1. The van der Waals surface area contributed by atoms with Crippen LogP contribution in [0.5, 0.6) is 0 Å². The van der Waals surface area contributed by atoms with Crippen molar-refractivity contribution in [3.8, 4) is 0 Å². The number of likely N-dealkylation sites (tertiary alicyclic amines) is 1. The van der Waals surface area contributed by atoms with Gasteiger partial charge in [0.2, 0.25) is 0 Å². The van der Waals surface area contributed by atoms with E-state index in [-0.39, 0.29) is 11.5 Å². The zero-order valence-corrected chi connectivity index (χ0v) is 13.9. The number of nitrogens with one attached hydrogen (secondary N) is 2. The summed E-state index contributed by atoms with van der Waals surface area (Å²) in [5, 5.41) is 7.76. The van der Waals surface area contributed by atoms with Gasteiger partial charge in [-0.15, -0.1) is 0 Å². The van der Waals surface area contributed by atoms with Crippen molar-refractivity contribution in [3.05, 3.63) is 33.9 Å². The molecule has 0 spiro atoms. The van der Waals surface area contributed by atoms with Crippen molar-refractivity contribution in [3.63, 3.8) is 0 Å². The highest BCUT2D eigenvalue weighted by Crippen LogP contribution is 2.26. The summed E-state index contributed by atoms with van der Waals surface area (Å²) in [6.45, 7) is 5.58. The summed E-state index contributed by atoms with van der Waals surface area (Å²) in [6, 6.07) is 1.63. The molecule has 1 amide bonds. The monoisotopic (exact) mass is 329 g/mol. The van der Waals surface area contributed by atoms with Gasteiger partial charge in [0, 0.05) is 25.1 Å². The summed E-state index contributed by atoms with van der Waals surface area (Å²) in [4.78, 5) is 29.6. The maximum Gasteiger partial charge on any atom is 0.259 e. The fraction of sp³-hybridized carbons (Fsp3) is 0.588. The first-order chi connectivity index (χ1) is 11.6. The molecule has 0 bridgehead atoms. The molecule has 128 valence electrons. The summed E-state index contributed by atoms with van der Waals surface area (Å²) in [5.41, 5.74) is 1.77. The molecule has 0 radical (unpaired) electrons. The van der Waals surface area contributed by atoms with Gasteiger partial charge in [-0.05, 0) is 38.3 Å². The minimum absolute atomic E-state index is 0.0348. The van der Waals surface area contributed by atoms with E-state index in [9.17, 15) is 9.59 Å². The molecule has 2 saturated heterocycles. The molecule has 4 rings (SSSR count). The number of H-pyrrole nitrogens is 1. The molecule has 7 heteroatoms. The molecule has 2 fully saturated rings. The molecule has 0 aliphatic carbocycles. The number of piperidine rings is 1. The molecule has 2 N–H and O–H groups in total. The largest absolute Gasteiger partial charge is 0.338 e. The van der Waals surface area contributed by atoms with Crippen LogP contribution in [0.4, 0.5) is 0 Å². The predicted molar refractivity (Wildman–Crippen MR) is 90.3 cm³/mol. The number of hydrogen-bond acceptors (Lipinski definition) is 4. The van der Waals surface area contributed by atoms with Gasteiger partial charge in [0.05, 0.1) is 11.9 Å². The van der Waals surface area contributed by atoms with Gasteiger partial charge < -0.3 is 15.2 Å². The van der Waals surface area contributed by atoms with Crippen LogP contribution in [0.1, 0.15) is 48.2 Å². The van der Waals surface area contributed by atoms with Crippen molar-refractivity contribution in [2.24, 2.45) is 5.92 Å². The van der Waals surface area contributed by atoms with Crippen LogP contribution in [0.2, 0.25) is 0 Å². The third-order valence-electron chi connectivity index (χ3n) is 5.23. The SMILES string of the molecule is C[C@@H]1CCN(C(=O)c2cnn3c(C4CCNCC4)cc(=O)[nH]c23)C1. The van der Waals surface area contributed by atoms with Gasteiger partial charge in [-0.3, -0.25) is 9.59 Å². The Morgan fingerprint density at radius 1 is 1.29 bits per heavy atom. The molecule has 24 heavy (non-hydrogen) atoms. The van der Waals surface area contributed by atoms with E-state index in [2.05, 4.69) is 22.3 Å². The van der Waals surface area contributed by atoms with Gasteiger partial charge in [0.15, 0.2) is 0 Å². The molecule has 0 unspecified atom stereocenters. The van der Waals surface area contributed by atoms with Gasteiger partial charge in [-0.25, -0.2) is 4.52 Å². The highest BCUT2D eigenvalue weighted by Gasteiger charge is 2.28. The summed E-state index contributed by atoms with van der Waals surface area (Å²) in [7, 11) is 0. The van der Waals surface area contributed by atoms with Crippen molar-refractivity contribution >= 4 is 11.6 Å². The van der Waals surface area contributed by atoms with Crippen LogP contribution < -0.4 is 10.9 Å². The molecule has 7 nitrogen and oxygen atoms in total. The van der Waals surface area contributed by atoms with E-state index in [1.54, 1.807) is 16.8 Å². The van der Waals surface area contributed by atoms with Crippen LogP contribution in [0, 0.1) is 5.92 Å². The first-order valence-corrected chi connectivity index (χ1v) is 8.74. The molecule has 2 aliphatic heterocycles. The summed E-state index contributed by atoms with van der Waals surface area (Å²) in [6.07, 6.45) is 4.58. The smallest absolute Gasteiger partial charge is 0.259 e. The van der Waals surface area contributed by atoms with Crippen LogP contribution >= 0.6 is 0 Å². The molecule has 0 aromatic carbocycles. The number of hydrogen-bond donors (Lipinski definition) is 2. The summed E-state index contributed by atoms with van der Waals surface area (Å²) in [5.74, 6) is 0.790. The zero-order valence-electron chi connectivity index (χ0n) is 13.9. The van der Waals surface area contributed by atoms with Crippen LogP contribution in [-0.2, 0) is 0 Å². The third kappa shape index (κ3) is 2.62. The molecular weight excluding hydrogens is 306 g/mol. The number of aromatic nitrogens is 3. The van der Waals surface area contributed by atoms with Crippen molar-refractivity contribution in [1.82, 2.24) is 24.8 Å². The van der Waals surface area contributed by atoms with Crippen molar-refractivity contribution in [2.75, 3.05) is 26.2 Å². The van der Waals surface area contributed by atoms with E-state index in [1.807, 2.05) is 4.90 Å². The summed E-state index contributed by atoms with van der Waals surface area (Å²) >= 11 is 0. The molecule has 0 saturated carbocycles. The van der Waals surface area contributed by atoms with Crippen molar-refractivity contribution in [1.29, 1.82) is 0 Å². The minimum atomic E-state index is -0.166. The quantitative estimate of drug-likeness (QED) is 0.860. The highest BCUT2D eigenvalue weighted by atomic mass is 16.2. The number of rotatable bonds is 2. The fourth-order valence-electron chi connectivity index (χ4n) is 3.87. The second-order valence-electron chi connectivity index (χ2n) is 7.05. The Bertz CT molecular complexity index is 818. The second kappa shape index (κ2) is 6.05. The maximum absolute atomic E-state index is 12.8. The van der Waals surface area contributed by atoms with E-state index in [0.717, 1.165) is 51.1 Å². The second-order valence-corrected chi connectivity index (χ2v) is 7.05. The van der Waals surface area contributed by atoms with Crippen LogP contribution in [0.15, 0.2) is 17.1 Å². The Hall–Kier alpha value is -2.15. The lowest BCUT2D eigenvalue weighted by Crippen LogP contribution is -2.30. The number of fused-ring (bicyclic) bond motifs is 1. The van der Waals surface area contributed by atoms with Gasteiger partial charge in [0.1, 0.15) is 11.2 Å². The van der Waals surface area contributed by atoms with E-state index >= 15 is 0 Å². The third-order valence-corrected chi connectivity index (χ3v) is 5.23. The Morgan fingerprint density at radius 3 is 2.79 bits per heavy atom. The number of nitrogens with zero attached hydrogens (tertiary/aromatic N) is 3. The maximum atomic E-state index is 12.8. The predicted octanol–water partition coefficient (Wildman–Crippen LogP) is 0.972. The number of carbonyl (C=O) groups is 1. The standard InChI is InChI=1S/C17H23N5O2/c1-11-4-7-21(10-11)17(24)13-9-19-22-14(8-15(23)20-16(13)22)12-2-5-18-6-3-12/h8-9,11-12,18H,2-7,10H2,1H3,(H,20,23)/t11-/m1/s1. The first kappa shape index (κ1) is 15.4. The van der Waals surface area contributed by atoms with E-state index in [0.29, 0.717) is 23.0 Å². The van der Waals surface area contributed by atoms with Gasteiger partial charge >= 0.3 is 0 Å². The van der Waals surface area contributed by atoms with Crippen molar-refractivity contribution in [2.45, 2.75) is 32.1 Å². The van der Waals surface area contributed by atoms with Gasteiger partial charge in [0.25, 0.3) is 11.5 Å². The normalized spacial score (nSPS) is 22.4. The molecule has 2 aromatic rings. The Labute approximate surface area is 140 Å². The molecule has 1 atom stereocenters. The Kier molecular flexibility index (Phi) is 3.88. The van der Waals surface area contributed by atoms with Crippen LogP contribution in [0.3, 0.4) is 0 Å². The lowest BCUT2D eigenvalue weighted by molar-refractivity contribution is 0.0790. The van der Waals surface area contributed by atoms with E-state index < -0.39 is 0 Å². The molecule has 2 aromatic heterocycles.